The molecule has 4 rings (SSSR count). The van der Waals surface area contributed by atoms with Crippen LogP contribution in [0.5, 0.6) is 0 Å². The number of anilines is 1. The Morgan fingerprint density at radius 1 is 1.13 bits per heavy atom. The molecule has 1 aliphatic rings. The van der Waals surface area contributed by atoms with Crippen LogP contribution in [0.4, 0.5) is 5.13 Å². The van der Waals surface area contributed by atoms with Crippen molar-refractivity contribution in [3.05, 3.63) is 82.6 Å². The zero-order chi connectivity index (χ0) is 21.5. The number of halogens is 1. The van der Waals surface area contributed by atoms with E-state index in [1.165, 1.54) is 11.5 Å². The van der Waals surface area contributed by atoms with E-state index < -0.39 is 0 Å². The molecule has 0 saturated carbocycles. The molecule has 5 nitrogen and oxygen atoms in total. The monoisotopic (exact) mass is 452 g/mol. The summed E-state index contributed by atoms with van der Waals surface area (Å²) in [5.74, 6) is 1.30. The number of piperidine rings is 1. The van der Waals surface area contributed by atoms with E-state index in [4.69, 9.17) is 16.6 Å². The summed E-state index contributed by atoms with van der Waals surface area (Å²) in [6, 6.07) is 17.7. The number of rotatable bonds is 7. The molecule has 1 N–H and O–H groups in total. The van der Waals surface area contributed by atoms with Crippen molar-refractivity contribution in [2.45, 2.75) is 19.3 Å². The molecule has 31 heavy (non-hydrogen) atoms. The van der Waals surface area contributed by atoms with Gasteiger partial charge in [0.05, 0.1) is 0 Å². The van der Waals surface area contributed by atoms with E-state index in [0.717, 1.165) is 53.0 Å². The van der Waals surface area contributed by atoms with Gasteiger partial charge in [0.2, 0.25) is 11.0 Å². The lowest BCUT2D eigenvalue weighted by Crippen LogP contribution is -2.38. The Kier molecular flexibility index (Phi) is 7.33. The van der Waals surface area contributed by atoms with Gasteiger partial charge in [0, 0.05) is 48.7 Å². The Balaban J connectivity index is 1.21. The topological polar surface area (TPSA) is 58.1 Å². The van der Waals surface area contributed by atoms with Gasteiger partial charge in [-0.2, -0.15) is 4.37 Å². The second kappa shape index (κ2) is 10.6. The molecule has 0 bridgehead atoms. The highest BCUT2D eigenvalue weighted by Crippen LogP contribution is 2.25. The van der Waals surface area contributed by atoms with Crippen LogP contribution >= 0.6 is 23.1 Å². The van der Waals surface area contributed by atoms with Crippen molar-refractivity contribution in [2.24, 2.45) is 5.92 Å². The fourth-order valence-corrected chi connectivity index (χ4v) is 4.46. The molecule has 1 amide bonds. The van der Waals surface area contributed by atoms with E-state index >= 15 is 0 Å². The zero-order valence-corrected chi connectivity index (χ0v) is 18.8. The number of aromatic nitrogens is 2. The van der Waals surface area contributed by atoms with Crippen molar-refractivity contribution in [3.63, 3.8) is 0 Å². The third-order valence-electron chi connectivity index (χ3n) is 5.41. The highest BCUT2D eigenvalue weighted by Gasteiger charge is 2.22. The SMILES string of the molecule is O=C(C=Cc1ccccc1)NCC1CCN(c2nc(Cc3ccc(Cl)cc3)ns2)CC1. The van der Waals surface area contributed by atoms with Crippen LogP contribution in [0.2, 0.25) is 5.02 Å². The first kappa shape index (κ1) is 21.5. The fourth-order valence-electron chi connectivity index (χ4n) is 3.60. The molecule has 1 fully saturated rings. The van der Waals surface area contributed by atoms with Gasteiger partial charge in [0.1, 0.15) is 5.82 Å². The number of hydrogen-bond donors (Lipinski definition) is 1. The molecule has 1 saturated heterocycles. The van der Waals surface area contributed by atoms with E-state index in [9.17, 15) is 4.79 Å². The summed E-state index contributed by atoms with van der Waals surface area (Å²) in [6.07, 6.45) is 6.24. The van der Waals surface area contributed by atoms with E-state index in [0.29, 0.717) is 18.9 Å². The molecule has 0 atom stereocenters. The fraction of sp³-hybridized carbons (Fsp3) is 0.292. The summed E-state index contributed by atoms with van der Waals surface area (Å²) in [4.78, 5) is 19.1. The molecule has 0 spiro atoms. The summed E-state index contributed by atoms with van der Waals surface area (Å²) < 4.78 is 4.52. The Morgan fingerprint density at radius 3 is 2.61 bits per heavy atom. The number of amides is 1. The normalized spacial score (nSPS) is 14.8. The van der Waals surface area contributed by atoms with Crippen LogP contribution in [0.25, 0.3) is 6.08 Å². The van der Waals surface area contributed by atoms with Crippen molar-refractivity contribution in [1.82, 2.24) is 14.7 Å². The predicted molar refractivity (Wildman–Crippen MR) is 128 cm³/mol. The summed E-state index contributed by atoms with van der Waals surface area (Å²) in [5, 5.41) is 4.76. The number of nitrogens with zero attached hydrogens (tertiary/aromatic N) is 3. The maximum absolute atomic E-state index is 12.1. The summed E-state index contributed by atoms with van der Waals surface area (Å²) in [6.45, 7) is 2.59. The van der Waals surface area contributed by atoms with E-state index in [2.05, 4.69) is 14.6 Å². The summed E-state index contributed by atoms with van der Waals surface area (Å²) in [7, 11) is 0. The van der Waals surface area contributed by atoms with Crippen LogP contribution in [0, 0.1) is 5.92 Å². The van der Waals surface area contributed by atoms with E-state index in [1.54, 1.807) is 6.08 Å². The molecule has 0 radical (unpaired) electrons. The van der Waals surface area contributed by atoms with Gasteiger partial charge in [-0.1, -0.05) is 54.1 Å². The lowest BCUT2D eigenvalue weighted by molar-refractivity contribution is -0.116. The second-order valence-electron chi connectivity index (χ2n) is 7.72. The summed E-state index contributed by atoms with van der Waals surface area (Å²) in [5.41, 5.74) is 2.18. The van der Waals surface area contributed by atoms with Crippen LogP contribution in [-0.4, -0.2) is 34.9 Å². The molecule has 0 aliphatic carbocycles. The van der Waals surface area contributed by atoms with Gasteiger partial charge in [-0.15, -0.1) is 0 Å². The number of carbonyl (C=O) groups excluding carboxylic acids is 1. The Bertz CT molecular complexity index is 1010. The standard InChI is InChI=1S/C24H25ClN4OS/c25-21-9-6-19(7-10-21)16-22-27-24(31-28-22)29-14-12-20(13-15-29)17-26-23(30)11-8-18-4-2-1-3-5-18/h1-11,20H,12-17H2,(H,26,30). The number of carbonyl (C=O) groups is 1. The summed E-state index contributed by atoms with van der Waals surface area (Å²) >= 11 is 7.41. The highest BCUT2D eigenvalue weighted by atomic mass is 35.5. The molecule has 0 unspecified atom stereocenters. The molecule has 7 heteroatoms. The van der Waals surface area contributed by atoms with E-state index in [-0.39, 0.29) is 5.91 Å². The van der Waals surface area contributed by atoms with Crippen LogP contribution < -0.4 is 10.2 Å². The molecule has 1 aliphatic heterocycles. The maximum atomic E-state index is 12.1. The number of benzene rings is 2. The van der Waals surface area contributed by atoms with Gasteiger partial charge in [0.15, 0.2) is 0 Å². The lowest BCUT2D eigenvalue weighted by Gasteiger charge is -2.31. The van der Waals surface area contributed by atoms with E-state index in [1.807, 2.05) is 60.7 Å². The first-order valence-electron chi connectivity index (χ1n) is 10.5. The second-order valence-corrected chi connectivity index (χ2v) is 8.88. The van der Waals surface area contributed by atoms with Crippen molar-refractivity contribution >= 4 is 40.2 Å². The molecule has 2 heterocycles. The molecular weight excluding hydrogens is 428 g/mol. The maximum Gasteiger partial charge on any atom is 0.244 e. The number of nitrogens with one attached hydrogen (secondary N) is 1. The Hall–Kier alpha value is -2.70. The first-order valence-corrected chi connectivity index (χ1v) is 11.6. The third-order valence-corrected chi connectivity index (χ3v) is 6.48. The number of hydrogen-bond acceptors (Lipinski definition) is 5. The minimum absolute atomic E-state index is 0.0396. The molecular formula is C24H25ClN4OS. The predicted octanol–water partition coefficient (Wildman–Crippen LogP) is 4.83. The largest absolute Gasteiger partial charge is 0.352 e. The van der Waals surface area contributed by atoms with Crippen LogP contribution in [0.15, 0.2) is 60.7 Å². The quantitative estimate of drug-likeness (QED) is 0.522. The van der Waals surface area contributed by atoms with Crippen molar-refractivity contribution in [3.8, 4) is 0 Å². The first-order chi connectivity index (χ1) is 15.2. The minimum Gasteiger partial charge on any atom is -0.352 e. The van der Waals surface area contributed by atoms with Gasteiger partial charge in [0.25, 0.3) is 0 Å². The molecule has 2 aromatic carbocycles. The van der Waals surface area contributed by atoms with Gasteiger partial charge in [-0.25, -0.2) is 4.98 Å². The molecule has 3 aromatic rings. The van der Waals surface area contributed by atoms with Gasteiger partial charge >= 0.3 is 0 Å². The Labute approximate surface area is 191 Å². The molecule has 1 aromatic heterocycles. The van der Waals surface area contributed by atoms with Crippen molar-refractivity contribution < 1.29 is 4.79 Å². The zero-order valence-electron chi connectivity index (χ0n) is 17.2. The molecule has 160 valence electrons. The highest BCUT2D eigenvalue weighted by molar-refractivity contribution is 7.09. The third kappa shape index (κ3) is 6.39. The average molecular weight is 453 g/mol. The van der Waals surface area contributed by atoms with Gasteiger partial charge in [-0.05, 0) is 48.1 Å². The van der Waals surface area contributed by atoms with Crippen LogP contribution in [-0.2, 0) is 11.2 Å². The van der Waals surface area contributed by atoms with Crippen molar-refractivity contribution in [2.75, 3.05) is 24.5 Å². The van der Waals surface area contributed by atoms with Crippen LogP contribution in [0.3, 0.4) is 0 Å². The van der Waals surface area contributed by atoms with Crippen molar-refractivity contribution in [1.29, 1.82) is 0 Å². The van der Waals surface area contributed by atoms with Crippen LogP contribution in [0.1, 0.15) is 29.8 Å². The minimum atomic E-state index is -0.0396. The van der Waals surface area contributed by atoms with Gasteiger partial charge in [-0.3, -0.25) is 4.79 Å². The average Bonchev–Trinajstić information content (AvgIpc) is 3.27. The lowest BCUT2D eigenvalue weighted by atomic mass is 9.97. The Morgan fingerprint density at radius 2 is 1.87 bits per heavy atom. The van der Waals surface area contributed by atoms with Gasteiger partial charge < -0.3 is 10.2 Å². The smallest absolute Gasteiger partial charge is 0.244 e.